The number of rotatable bonds is 7. The quantitative estimate of drug-likeness (QED) is 0.148. The first-order valence-electron chi connectivity index (χ1n) is 20.7. The molecule has 2 aliphatic carbocycles. The van der Waals surface area contributed by atoms with Crippen LogP contribution < -0.4 is 4.90 Å². The van der Waals surface area contributed by atoms with Gasteiger partial charge in [0.15, 0.2) is 0 Å². The van der Waals surface area contributed by atoms with Gasteiger partial charge in [-0.25, -0.2) is 0 Å². The van der Waals surface area contributed by atoms with Crippen molar-refractivity contribution in [1.29, 1.82) is 0 Å². The van der Waals surface area contributed by atoms with Crippen molar-refractivity contribution in [1.82, 2.24) is 0 Å². The van der Waals surface area contributed by atoms with Crippen molar-refractivity contribution in [2.75, 3.05) is 4.90 Å². The van der Waals surface area contributed by atoms with E-state index in [4.69, 9.17) is 4.99 Å². The molecule has 8 aromatic carbocycles. The van der Waals surface area contributed by atoms with Crippen LogP contribution in [0, 0.1) is 0 Å². The lowest BCUT2D eigenvalue weighted by molar-refractivity contribution is 0.752. The number of nitrogens with zero attached hydrogens (tertiary/aromatic N) is 2. The van der Waals surface area contributed by atoms with E-state index in [9.17, 15) is 0 Å². The van der Waals surface area contributed by atoms with Gasteiger partial charge in [0.05, 0.1) is 29.0 Å². The van der Waals surface area contributed by atoms with Crippen molar-refractivity contribution in [2.45, 2.75) is 24.8 Å². The number of hydrogen-bond acceptors (Lipinski definition) is 2. The summed E-state index contributed by atoms with van der Waals surface area (Å²) in [6.07, 6.45) is 9.11. The van der Waals surface area contributed by atoms with Gasteiger partial charge < -0.3 is 4.90 Å². The molecule has 2 heteroatoms. The minimum Gasteiger partial charge on any atom is -0.310 e. The smallest absolute Gasteiger partial charge is 0.0754 e. The maximum Gasteiger partial charge on any atom is 0.0754 e. The molecule has 0 unspecified atom stereocenters. The third kappa shape index (κ3) is 5.75. The first kappa shape index (κ1) is 34.9. The molecule has 0 saturated heterocycles. The summed E-state index contributed by atoms with van der Waals surface area (Å²) in [6.45, 7) is 0.585. The highest BCUT2D eigenvalue weighted by molar-refractivity contribution is 6.18. The first-order valence-corrected chi connectivity index (χ1v) is 20.7. The summed E-state index contributed by atoms with van der Waals surface area (Å²) in [7, 11) is 0. The molecule has 1 aliphatic heterocycles. The summed E-state index contributed by atoms with van der Waals surface area (Å²) in [5.74, 6) is 0. The number of benzene rings is 8. The van der Waals surface area contributed by atoms with Gasteiger partial charge in [-0.2, -0.15) is 0 Å². The monoisotopic (exact) mass is 754 g/mol. The number of para-hydroxylation sites is 3. The van der Waals surface area contributed by atoms with Gasteiger partial charge in [-0.15, -0.1) is 0 Å². The van der Waals surface area contributed by atoms with E-state index < -0.39 is 5.41 Å². The Bertz CT molecular complexity index is 2910. The second kappa shape index (κ2) is 14.6. The van der Waals surface area contributed by atoms with E-state index in [2.05, 4.69) is 223 Å². The van der Waals surface area contributed by atoms with Crippen LogP contribution in [0.15, 0.2) is 223 Å². The molecule has 8 aromatic rings. The van der Waals surface area contributed by atoms with Crippen molar-refractivity contribution in [3.63, 3.8) is 0 Å². The number of aliphatic imine (C=N–C) groups is 1. The topological polar surface area (TPSA) is 15.6 Å². The Balaban J connectivity index is 1.21. The molecular formula is C57H42N2. The number of fused-ring (bicyclic) bond motifs is 9. The number of allylic oxidation sites excluding steroid dienone is 4. The lowest BCUT2D eigenvalue weighted by Gasteiger charge is -2.45. The van der Waals surface area contributed by atoms with Gasteiger partial charge in [0.25, 0.3) is 0 Å². The van der Waals surface area contributed by atoms with E-state index in [1.54, 1.807) is 0 Å². The zero-order chi connectivity index (χ0) is 39.2. The van der Waals surface area contributed by atoms with Gasteiger partial charge >= 0.3 is 0 Å². The maximum atomic E-state index is 5.50. The predicted octanol–water partition coefficient (Wildman–Crippen LogP) is 14.3. The second-order valence-electron chi connectivity index (χ2n) is 15.7. The largest absolute Gasteiger partial charge is 0.310 e. The van der Waals surface area contributed by atoms with E-state index in [0.717, 1.165) is 35.4 Å². The Labute approximate surface area is 346 Å². The molecule has 0 saturated carbocycles. The van der Waals surface area contributed by atoms with Crippen LogP contribution in [-0.4, -0.2) is 5.71 Å². The Hall–Kier alpha value is -7.29. The zero-order valence-electron chi connectivity index (χ0n) is 32.8. The Morgan fingerprint density at radius 2 is 1.14 bits per heavy atom. The van der Waals surface area contributed by atoms with Crippen LogP contribution in [0.1, 0.15) is 57.3 Å². The van der Waals surface area contributed by atoms with Crippen LogP contribution in [0.4, 0.5) is 17.1 Å². The number of anilines is 3. The molecule has 2 nitrogen and oxygen atoms in total. The highest BCUT2D eigenvalue weighted by Gasteiger charge is 2.52. The van der Waals surface area contributed by atoms with E-state index in [1.165, 1.54) is 72.6 Å². The Morgan fingerprint density at radius 1 is 0.508 bits per heavy atom. The molecular weight excluding hydrogens is 713 g/mol. The van der Waals surface area contributed by atoms with Gasteiger partial charge in [-0.05, 0) is 110 Å². The fraction of sp³-hybridized carbons (Fsp3) is 0.0702. The molecule has 0 aromatic heterocycles. The summed E-state index contributed by atoms with van der Waals surface area (Å²) >= 11 is 0. The third-order valence-electron chi connectivity index (χ3n) is 12.4. The van der Waals surface area contributed by atoms with Gasteiger partial charge in [0, 0.05) is 16.8 Å². The van der Waals surface area contributed by atoms with Crippen molar-refractivity contribution < 1.29 is 0 Å². The average Bonchev–Trinajstić information content (AvgIpc) is 3.61. The molecule has 280 valence electrons. The van der Waals surface area contributed by atoms with E-state index in [-0.39, 0.29) is 0 Å². The fourth-order valence-corrected chi connectivity index (χ4v) is 9.82. The van der Waals surface area contributed by atoms with Gasteiger partial charge in [0.2, 0.25) is 0 Å². The predicted molar refractivity (Wildman–Crippen MR) is 246 cm³/mol. The SMILES string of the molecule is C1=CC(c2cccc(-c3ccc4c(c3)-c3c(C(=NCc5ccccc5)c5ccccc5)cccc3C43c4ccccc4N(c4ccccc4)c4ccccc43)c2)=CCC1. The minimum atomic E-state index is -0.585. The van der Waals surface area contributed by atoms with Crippen LogP contribution in [0.5, 0.6) is 0 Å². The molecule has 11 rings (SSSR count). The Kier molecular flexibility index (Phi) is 8.63. The van der Waals surface area contributed by atoms with Gasteiger partial charge in [-0.1, -0.05) is 182 Å². The summed E-state index contributed by atoms with van der Waals surface area (Å²) in [4.78, 5) is 7.95. The highest BCUT2D eigenvalue weighted by Crippen LogP contribution is 2.64. The van der Waals surface area contributed by atoms with Gasteiger partial charge in [0.1, 0.15) is 0 Å². The molecule has 1 spiro atoms. The summed E-state index contributed by atoms with van der Waals surface area (Å²) in [6, 6.07) is 73.5. The molecule has 0 radical (unpaired) electrons. The maximum absolute atomic E-state index is 5.50. The standard InChI is InChI=1S/C57H42N2/c1-5-19-40(20-6-1)39-58-56(42-23-9-3-10-24-42)47-29-18-32-52-55(47)48-38-45(44-26-17-25-43(37-44)41-21-7-2-8-22-41)35-36-49(48)57(52)50-30-13-15-33-53(50)59(46-27-11-4-12-28-46)54-34-16-14-31-51(54)57/h1,3-7,9-38H,2,8,39H2. The lowest BCUT2D eigenvalue weighted by atomic mass is 9.64. The molecule has 0 atom stereocenters. The lowest BCUT2D eigenvalue weighted by Crippen LogP contribution is -2.36. The van der Waals surface area contributed by atoms with E-state index >= 15 is 0 Å². The van der Waals surface area contributed by atoms with Crippen molar-refractivity contribution >= 4 is 28.3 Å². The molecule has 0 bridgehead atoms. The van der Waals surface area contributed by atoms with Crippen LogP contribution in [-0.2, 0) is 12.0 Å². The summed E-state index contributed by atoms with van der Waals surface area (Å²) in [5.41, 5.74) is 20.0. The summed E-state index contributed by atoms with van der Waals surface area (Å²) < 4.78 is 0. The normalized spacial score (nSPS) is 14.6. The van der Waals surface area contributed by atoms with Crippen LogP contribution in [0.3, 0.4) is 0 Å². The van der Waals surface area contributed by atoms with Crippen LogP contribution in [0.25, 0.3) is 27.8 Å². The third-order valence-corrected chi connectivity index (χ3v) is 12.4. The number of hydrogen-bond donors (Lipinski definition) is 0. The van der Waals surface area contributed by atoms with Crippen LogP contribution in [0.2, 0.25) is 0 Å². The van der Waals surface area contributed by atoms with Crippen molar-refractivity contribution in [3.8, 4) is 22.3 Å². The van der Waals surface area contributed by atoms with Crippen molar-refractivity contribution in [2.24, 2.45) is 4.99 Å². The molecule has 1 heterocycles. The van der Waals surface area contributed by atoms with E-state index in [1.807, 2.05) is 0 Å². The average molecular weight is 755 g/mol. The molecule has 3 aliphatic rings. The Morgan fingerprint density at radius 3 is 1.86 bits per heavy atom. The first-order chi connectivity index (χ1) is 29.3. The van der Waals surface area contributed by atoms with Crippen molar-refractivity contribution in [3.05, 3.63) is 263 Å². The van der Waals surface area contributed by atoms with Gasteiger partial charge in [-0.3, -0.25) is 4.99 Å². The molecule has 0 N–H and O–H groups in total. The molecule has 0 fully saturated rings. The molecule has 59 heavy (non-hydrogen) atoms. The second-order valence-corrected chi connectivity index (χ2v) is 15.7. The molecule has 0 amide bonds. The van der Waals surface area contributed by atoms with Crippen LogP contribution >= 0.6 is 0 Å². The summed E-state index contributed by atoms with van der Waals surface area (Å²) in [5, 5.41) is 0. The fourth-order valence-electron chi connectivity index (χ4n) is 9.82. The van der Waals surface area contributed by atoms with E-state index in [0.29, 0.717) is 6.54 Å². The highest BCUT2D eigenvalue weighted by atomic mass is 15.2. The zero-order valence-corrected chi connectivity index (χ0v) is 32.8. The minimum absolute atomic E-state index is 0.585.